The van der Waals surface area contributed by atoms with Crippen molar-refractivity contribution in [1.82, 2.24) is 24.6 Å². The Morgan fingerprint density at radius 3 is 2.56 bits per heavy atom. The lowest BCUT2D eigenvalue weighted by atomic mass is 9.93. The van der Waals surface area contributed by atoms with Crippen molar-refractivity contribution in [2.24, 2.45) is 0 Å². The average Bonchev–Trinajstić information content (AvgIpc) is 2.96. The fraction of sp³-hybridized carbons (Fsp3) is 0.583. The summed E-state index contributed by atoms with van der Waals surface area (Å²) in [5, 5.41) is 7.43. The third kappa shape index (κ3) is 4.95. The third-order valence-corrected chi connectivity index (χ3v) is 6.65. The maximum absolute atomic E-state index is 13.0. The van der Waals surface area contributed by atoms with Crippen molar-refractivity contribution in [3.05, 3.63) is 52.2 Å². The summed E-state index contributed by atoms with van der Waals surface area (Å²) in [4.78, 5) is 40.1. The number of likely N-dealkylation sites (tertiary alicyclic amines) is 1. The number of benzene rings is 1. The molecular formula is C24H33N5O3. The van der Waals surface area contributed by atoms with Crippen molar-refractivity contribution < 1.29 is 9.59 Å². The SMILES string of the molecule is CCC(C(=O)N1CCC(NC(=O)Cn2nc3n(c2=O)CCCCC3)CC1)c1ccccc1. The van der Waals surface area contributed by atoms with Gasteiger partial charge >= 0.3 is 5.69 Å². The van der Waals surface area contributed by atoms with Crippen LogP contribution in [0.1, 0.15) is 62.8 Å². The first-order valence-corrected chi connectivity index (χ1v) is 11.9. The zero-order valence-corrected chi connectivity index (χ0v) is 18.8. The lowest BCUT2D eigenvalue weighted by Gasteiger charge is -2.34. The number of aryl methyl sites for hydroxylation is 1. The Balaban J connectivity index is 1.29. The lowest BCUT2D eigenvalue weighted by Crippen LogP contribution is -2.48. The summed E-state index contributed by atoms with van der Waals surface area (Å²) in [6.45, 7) is 3.94. The van der Waals surface area contributed by atoms with Crippen LogP contribution < -0.4 is 11.0 Å². The highest BCUT2D eigenvalue weighted by molar-refractivity contribution is 5.84. The first-order chi connectivity index (χ1) is 15.6. The summed E-state index contributed by atoms with van der Waals surface area (Å²) < 4.78 is 3.00. The van der Waals surface area contributed by atoms with E-state index in [1.165, 1.54) is 4.68 Å². The monoisotopic (exact) mass is 439 g/mol. The fourth-order valence-corrected chi connectivity index (χ4v) is 4.84. The Kier molecular flexibility index (Phi) is 7.07. The number of hydrogen-bond donors (Lipinski definition) is 1. The average molecular weight is 440 g/mol. The molecule has 1 unspecified atom stereocenters. The Hall–Kier alpha value is -2.90. The number of rotatable bonds is 6. The van der Waals surface area contributed by atoms with Gasteiger partial charge in [-0.25, -0.2) is 9.48 Å². The van der Waals surface area contributed by atoms with Crippen LogP contribution in [0.5, 0.6) is 0 Å². The summed E-state index contributed by atoms with van der Waals surface area (Å²) >= 11 is 0. The summed E-state index contributed by atoms with van der Waals surface area (Å²) in [6.07, 6.45) is 6.11. The minimum absolute atomic E-state index is 0.0134. The molecule has 2 amide bonds. The Morgan fingerprint density at radius 1 is 1.09 bits per heavy atom. The molecule has 172 valence electrons. The number of aromatic nitrogens is 3. The standard InChI is InChI=1S/C24H33N5O3/c1-2-20(18-9-5-3-6-10-18)23(31)27-15-12-19(13-16-27)25-22(30)17-29-24(32)28-14-8-4-7-11-21(28)26-29/h3,5-6,9-10,19-20H,2,4,7-8,11-17H2,1H3,(H,25,30). The van der Waals surface area contributed by atoms with Gasteiger partial charge in [0.1, 0.15) is 12.4 Å². The molecule has 1 saturated heterocycles. The smallest absolute Gasteiger partial charge is 0.346 e. The van der Waals surface area contributed by atoms with Crippen molar-refractivity contribution >= 4 is 11.8 Å². The highest BCUT2D eigenvalue weighted by Gasteiger charge is 2.29. The number of hydrogen-bond acceptors (Lipinski definition) is 4. The van der Waals surface area contributed by atoms with E-state index in [2.05, 4.69) is 10.4 Å². The van der Waals surface area contributed by atoms with Crippen LogP contribution in [0.4, 0.5) is 0 Å². The molecule has 1 aromatic heterocycles. The van der Waals surface area contributed by atoms with E-state index in [9.17, 15) is 14.4 Å². The number of piperidine rings is 1. The Bertz CT molecular complexity index is 989. The number of nitrogens with one attached hydrogen (secondary N) is 1. The van der Waals surface area contributed by atoms with Gasteiger partial charge in [-0.05, 0) is 37.7 Å². The van der Waals surface area contributed by atoms with Gasteiger partial charge in [0.05, 0.1) is 5.92 Å². The Morgan fingerprint density at radius 2 is 1.84 bits per heavy atom. The van der Waals surface area contributed by atoms with Gasteiger partial charge in [-0.3, -0.25) is 14.2 Å². The lowest BCUT2D eigenvalue weighted by molar-refractivity contribution is -0.134. The van der Waals surface area contributed by atoms with E-state index >= 15 is 0 Å². The van der Waals surface area contributed by atoms with Gasteiger partial charge in [-0.2, -0.15) is 5.10 Å². The molecule has 1 fully saturated rings. The summed E-state index contributed by atoms with van der Waals surface area (Å²) in [7, 11) is 0. The molecule has 8 heteroatoms. The van der Waals surface area contributed by atoms with Gasteiger partial charge in [0.15, 0.2) is 0 Å². The van der Waals surface area contributed by atoms with E-state index in [0.29, 0.717) is 19.6 Å². The number of nitrogens with zero attached hydrogens (tertiary/aromatic N) is 4. The molecule has 0 saturated carbocycles. The topological polar surface area (TPSA) is 89.2 Å². The van der Waals surface area contributed by atoms with Gasteiger partial charge < -0.3 is 10.2 Å². The van der Waals surface area contributed by atoms with Gasteiger partial charge in [-0.15, -0.1) is 0 Å². The fourth-order valence-electron chi connectivity index (χ4n) is 4.84. The molecule has 0 bridgehead atoms. The zero-order valence-electron chi connectivity index (χ0n) is 18.8. The van der Waals surface area contributed by atoms with Gasteiger partial charge in [-0.1, -0.05) is 43.7 Å². The molecule has 2 aromatic rings. The highest BCUT2D eigenvalue weighted by Crippen LogP contribution is 2.24. The molecular weight excluding hydrogens is 406 g/mol. The van der Waals surface area contributed by atoms with Crippen LogP contribution in [-0.2, 0) is 29.1 Å². The first kappa shape index (κ1) is 22.3. The van der Waals surface area contributed by atoms with Crippen molar-refractivity contribution in [3.8, 4) is 0 Å². The number of amides is 2. The summed E-state index contributed by atoms with van der Waals surface area (Å²) in [6, 6.07) is 9.93. The van der Waals surface area contributed by atoms with E-state index in [0.717, 1.165) is 56.3 Å². The molecule has 32 heavy (non-hydrogen) atoms. The molecule has 0 radical (unpaired) electrons. The van der Waals surface area contributed by atoms with E-state index in [1.54, 1.807) is 4.57 Å². The van der Waals surface area contributed by atoms with Crippen molar-refractivity contribution in [1.29, 1.82) is 0 Å². The highest BCUT2D eigenvalue weighted by atomic mass is 16.2. The molecule has 1 aromatic carbocycles. The van der Waals surface area contributed by atoms with Crippen LogP contribution in [0.3, 0.4) is 0 Å². The van der Waals surface area contributed by atoms with Crippen molar-refractivity contribution in [2.75, 3.05) is 13.1 Å². The molecule has 0 spiro atoms. The normalized spacial score (nSPS) is 18.0. The minimum atomic E-state index is -0.194. The number of fused-ring (bicyclic) bond motifs is 1. The molecule has 4 rings (SSSR count). The van der Waals surface area contributed by atoms with Crippen LogP contribution in [-0.4, -0.2) is 50.2 Å². The van der Waals surface area contributed by atoms with Crippen LogP contribution >= 0.6 is 0 Å². The molecule has 3 heterocycles. The maximum atomic E-state index is 13.0. The second kappa shape index (κ2) is 10.1. The van der Waals surface area contributed by atoms with Crippen LogP contribution in [0.15, 0.2) is 35.1 Å². The summed E-state index contributed by atoms with van der Waals surface area (Å²) in [5.41, 5.74) is 0.864. The van der Waals surface area contributed by atoms with Crippen molar-refractivity contribution in [2.45, 2.75) is 76.9 Å². The molecule has 2 aliphatic heterocycles. The largest absolute Gasteiger partial charge is 0.352 e. The summed E-state index contributed by atoms with van der Waals surface area (Å²) in [5.74, 6) is 0.636. The van der Waals surface area contributed by atoms with E-state index in [1.807, 2.05) is 42.2 Å². The predicted molar refractivity (Wildman–Crippen MR) is 121 cm³/mol. The molecule has 1 N–H and O–H groups in total. The minimum Gasteiger partial charge on any atom is -0.352 e. The Labute approximate surface area is 188 Å². The number of carbonyl (C=O) groups is 2. The van der Waals surface area contributed by atoms with Gasteiger partial charge in [0, 0.05) is 32.1 Å². The van der Waals surface area contributed by atoms with Crippen molar-refractivity contribution in [3.63, 3.8) is 0 Å². The van der Waals surface area contributed by atoms with Gasteiger partial charge in [0.2, 0.25) is 11.8 Å². The third-order valence-electron chi connectivity index (χ3n) is 6.65. The molecule has 8 nitrogen and oxygen atoms in total. The van der Waals surface area contributed by atoms with Gasteiger partial charge in [0.25, 0.3) is 0 Å². The van der Waals surface area contributed by atoms with Crippen LogP contribution in [0.2, 0.25) is 0 Å². The van der Waals surface area contributed by atoms with E-state index < -0.39 is 0 Å². The maximum Gasteiger partial charge on any atom is 0.346 e. The van der Waals surface area contributed by atoms with E-state index in [4.69, 9.17) is 0 Å². The molecule has 1 atom stereocenters. The molecule has 0 aliphatic carbocycles. The van der Waals surface area contributed by atoms with E-state index in [-0.39, 0.29) is 36.0 Å². The zero-order chi connectivity index (χ0) is 22.5. The first-order valence-electron chi connectivity index (χ1n) is 11.9. The quantitative estimate of drug-likeness (QED) is 0.746. The predicted octanol–water partition coefficient (Wildman–Crippen LogP) is 2.07. The van der Waals surface area contributed by atoms with Crippen LogP contribution in [0, 0.1) is 0 Å². The number of carbonyl (C=O) groups excluding carboxylic acids is 2. The van der Waals surface area contributed by atoms with Crippen LogP contribution in [0.25, 0.3) is 0 Å². The second-order valence-corrected chi connectivity index (χ2v) is 8.86. The molecule has 2 aliphatic rings. The second-order valence-electron chi connectivity index (χ2n) is 8.86.